The van der Waals surface area contributed by atoms with E-state index in [1.165, 1.54) is 5.56 Å². The predicted molar refractivity (Wildman–Crippen MR) is 123 cm³/mol. The van der Waals surface area contributed by atoms with Gasteiger partial charge in [0.15, 0.2) is 5.82 Å². The SMILES string of the molecule is Cc1ccc(-c2nc(C(=O)Nc3ccc(Br)cc3)nn2-c2ccc(C)c(C)c2)cc1. The van der Waals surface area contributed by atoms with Gasteiger partial charge in [-0.3, -0.25) is 4.79 Å². The van der Waals surface area contributed by atoms with Crippen molar-refractivity contribution in [2.24, 2.45) is 0 Å². The lowest BCUT2D eigenvalue weighted by atomic mass is 10.1. The molecule has 1 heterocycles. The molecule has 0 bridgehead atoms. The van der Waals surface area contributed by atoms with Crippen molar-refractivity contribution in [3.63, 3.8) is 0 Å². The summed E-state index contributed by atoms with van der Waals surface area (Å²) in [6.07, 6.45) is 0. The first-order valence-electron chi connectivity index (χ1n) is 9.59. The van der Waals surface area contributed by atoms with Crippen molar-refractivity contribution in [1.82, 2.24) is 14.8 Å². The van der Waals surface area contributed by atoms with Gasteiger partial charge in [0.2, 0.25) is 5.82 Å². The molecule has 0 saturated heterocycles. The fraction of sp³-hybridized carbons (Fsp3) is 0.125. The maximum absolute atomic E-state index is 12.8. The molecule has 6 heteroatoms. The zero-order valence-corrected chi connectivity index (χ0v) is 18.6. The Kier molecular flexibility index (Phi) is 5.50. The third kappa shape index (κ3) is 4.19. The molecule has 150 valence electrons. The van der Waals surface area contributed by atoms with Crippen molar-refractivity contribution in [2.75, 3.05) is 5.32 Å². The van der Waals surface area contributed by atoms with Gasteiger partial charge in [-0.2, -0.15) is 0 Å². The van der Waals surface area contributed by atoms with Crippen LogP contribution in [0.25, 0.3) is 17.1 Å². The minimum absolute atomic E-state index is 0.117. The van der Waals surface area contributed by atoms with E-state index < -0.39 is 0 Å². The van der Waals surface area contributed by atoms with Gasteiger partial charge in [-0.05, 0) is 68.3 Å². The van der Waals surface area contributed by atoms with Crippen molar-refractivity contribution in [1.29, 1.82) is 0 Å². The largest absolute Gasteiger partial charge is 0.319 e. The van der Waals surface area contributed by atoms with Crippen LogP contribution in [-0.4, -0.2) is 20.7 Å². The number of benzene rings is 3. The molecule has 30 heavy (non-hydrogen) atoms. The molecule has 1 N–H and O–H groups in total. The van der Waals surface area contributed by atoms with Crippen molar-refractivity contribution >= 4 is 27.5 Å². The van der Waals surface area contributed by atoms with Crippen molar-refractivity contribution < 1.29 is 4.79 Å². The lowest BCUT2D eigenvalue weighted by Gasteiger charge is -2.08. The Morgan fingerprint density at radius 2 is 1.60 bits per heavy atom. The summed E-state index contributed by atoms with van der Waals surface area (Å²) in [6, 6.07) is 21.5. The van der Waals surface area contributed by atoms with Crippen LogP contribution in [-0.2, 0) is 0 Å². The van der Waals surface area contributed by atoms with Crippen LogP contribution < -0.4 is 5.32 Å². The molecule has 0 fully saturated rings. The molecular weight excluding hydrogens is 440 g/mol. The number of anilines is 1. The van der Waals surface area contributed by atoms with Crippen LogP contribution in [0.15, 0.2) is 71.2 Å². The Labute approximate surface area is 183 Å². The summed E-state index contributed by atoms with van der Waals surface area (Å²) >= 11 is 3.40. The second kappa shape index (κ2) is 8.24. The number of carbonyl (C=O) groups excluding carboxylic acids is 1. The predicted octanol–water partition coefficient (Wildman–Crippen LogP) is 5.87. The highest BCUT2D eigenvalue weighted by Crippen LogP contribution is 2.24. The number of nitrogens with one attached hydrogen (secondary N) is 1. The Morgan fingerprint density at radius 1 is 0.900 bits per heavy atom. The number of hydrogen-bond acceptors (Lipinski definition) is 3. The summed E-state index contributed by atoms with van der Waals surface area (Å²) in [5, 5.41) is 7.41. The minimum Gasteiger partial charge on any atom is -0.319 e. The second-order valence-corrected chi connectivity index (χ2v) is 8.18. The van der Waals surface area contributed by atoms with Crippen LogP contribution in [0.2, 0.25) is 0 Å². The fourth-order valence-corrected chi connectivity index (χ4v) is 3.32. The normalized spacial score (nSPS) is 10.8. The summed E-state index contributed by atoms with van der Waals surface area (Å²) in [5.74, 6) is 0.388. The topological polar surface area (TPSA) is 59.8 Å². The highest BCUT2D eigenvalue weighted by Gasteiger charge is 2.19. The quantitative estimate of drug-likeness (QED) is 0.413. The molecule has 0 atom stereocenters. The Morgan fingerprint density at radius 3 is 2.27 bits per heavy atom. The van der Waals surface area contributed by atoms with E-state index in [4.69, 9.17) is 0 Å². The molecule has 5 nitrogen and oxygen atoms in total. The first-order valence-corrected chi connectivity index (χ1v) is 10.4. The van der Waals surface area contributed by atoms with Gasteiger partial charge in [0.25, 0.3) is 5.91 Å². The summed E-state index contributed by atoms with van der Waals surface area (Å²) in [4.78, 5) is 17.4. The summed E-state index contributed by atoms with van der Waals surface area (Å²) in [5.41, 5.74) is 5.95. The summed E-state index contributed by atoms with van der Waals surface area (Å²) in [6.45, 7) is 6.16. The van der Waals surface area contributed by atoms with E-state index in [0.29, 0.717) is 11.5 Å². The maximum atomic E-state index is 12.8. The van der Waals surface area contributed by atoms with Gasteiger partial charge in [-0.15, -0.1) is 5.10 Å². The molecule has 1 aromatic heterocycles. The molecule has 0 saturated carbocycles. The number of amides is 1. The van der Waals surface area contributed by atoms with Crippen molar-refractivity contribution in [2.45, 2.75) is 20.8 Å². The molecule has 0 spiro atoms. The number of aromatic nitrogens is 3. The average Bonchev–Trinajstić information content (AvgIpc) is 3.18. The molecule has 1 amide bonds. The first-order chi connectivity index (χ1) is 14.4. The highest BCUT2D eigenvalue weighted by atomic mass is 79.9. The zero-order valence-electron chi connectivity index (χ0n) is 17.0. The monoisotopic (exact) mass is 460 g/mol. The Bertz CT molecular complexity index is 1210. The van der Waals surface area contributed by atoms with Gasteiger partial charge in [-0.1, -0.05) is 51.8 Å². The van der Waals surface area contributed by atoms with Gasteiger partial charge in [0, 0.05) is 15.7 Å². The van der Waals surface area contributed by atoms with E-state index in [-0.39, 0.29) is 11.7 Å². The first kappa shape index (κ1) is 20.0. The Balaban J connectivity index is 1.76. The molecule has 0 aliphatic heterocycles. The zero-order chi connectivity index (χ0) is 21.3. The maximum Gasteiger partial charge on any atom is 0.295 e. The molecule has 4 aromatic rings. The molecule has 0 radical (unpaired) electrons. The van der Waals surface area contributed by atoms with E-state index in [1.54, 1.807) is 4.68 Å². The van der Waals surface area contributed by atoms with E-state index in [0.717, 1.165) is 26.9 Å². The number of rotatable bonds is 4. The number of nitrogens with zero attached hydrogens (tertiary/aromatic N) is 3. The smallest absolute Gasteiger partial charge is 0.295 e. The third-order valence-corrected chi connectivity index (χ3v) is 5.49. The van der Waals surface area contributed by atoms with Gasteiger partial charge in [0.1, 0.15) is 0 Å². The van der Waals surface area contributed by atoms with E-state index in [2.05, 4.69) is 51.2 Å². The number of halogens is 1. The second-order valence-electron chi connectivity index (χ2n) is 7.27. The van der Waals surface area contributed by atoms with Crippen LogP contribution in [0.4, 0.5) is 5.69 Å². The van der Waals surface area contributed by atoms with Crippen molar-refractivity contribution in [3.8, 4) is 17.1 Å². The number of hydrogen-bond donors (Lipinski definition) is 1. The lowest BCUT2D eigenvalue weighted by Crippen LogP contribution is -2.14. The molecule has 0 unspecified atom stereocenters. The molecule has 4 rings (SSSR count). The third-order valence-electron chi connectivity index (χ3n) is 4.96. The van der Waals surface area contributed by atoms with Gasteiger partial charge >= 0.3 is 0 Å². The van der Waals surface area contributed by atoms with Crippen LogP contribution in [0, 0.1) is 20.8 Å². The highest BCUT2D eigenvalue weighted by molar-refractivity contribution is 9.10. The number of carbonyl (C=O) groups is 1. The Hall–Kier alpha value is -3.25. The van der Waals surface area contributed by atoms with E-state index in [1.807, 2.05) is 67.6 Å². The standard InChI is InChI=1S/C24H21BrN4O/c1-15-4-7-18(8-5-15)23-27-22(24(30)26-20-11-9-19(25)10-12-20)28-29(23)21-13-6-16(2)17(3)14-21/h4-14H,1-3H3,(H,26,30). The lowest BCUT2D eigenvalue weighted by molar-refractivity contribution is 0.101. The van der Waals surface area contributed by atoms with Crippen LogP contribution in [0.3, 0.4) is 0 Å². The molecule has 0 aliphatic rings. The molecule has 0 aliphatic carbocycles. The van der Waals surface area contributed by atoms with Crippen LogP contribution in [0.1, 0.15) is 27.3 Å². The van der Waals surface area contributed by atoms with Crippen LogP contribution >= 0.6 is 15.9 Å². The summed E-state index contributed by atoms with van der Waals surface area (Å²) < 4.78 is 2.67. The minimum atomic E-state index is -0.353. The molecule has 3 aromatic carbocycles. The average molecular weight is 461 g/mol. The van der Waals surface area contributed by atoms with E-state index in [9.17, 15) is 4.79 Å². The van der Waals surface area contributed by atoms with Gasteiger partial charge in [-0.25, -0.2) is 9.67 Å². The molecular formula is C24H21BrN4O. The van der Waals surface area contributed by atoms with E-state index >= 15 is 0 Å². The van der Waals surface area contributed by atoms with Gasteiger partial charge in [0.05, 0.1) is 5.69 Å². The van der Waals surface area contributed by atoms with Crippen LogP contribution in [0.5, 0.6) is 0 Å². The number of aryl methyl sites for hydroxylation is 3. The van der Waals surface area contributed by atoms with Crippen molar-refractivity contribution in [3.05, 3.63) is 93.7 Å². The van der Waals surface area contributed by atoms with Gasteiger partial charge < -0.3 is 5.32 Å². The fourth-order valence-electron chi connectivity index (χ4n) is 3.06. The summed E-state index contributed by atoms with van der Waals surface area (Å²) in [7, 11) is 0.